The summed E-state index contributed by atoms with van der Waals surface area (Å²) in [4.78, 5) is 14.2. The van der Waals surface area contributed by atoms with Crippen molar-refractivity contribution in [1.29, 1.82) is 5.41 Å². The molecule has 0 spiro atoms. The predicted molar refractivity (Wildman–Crippen MR) is 136 cm³/mol. The molecule has 0 heterocycles. The molecule has 0 radical (unpaired) electrons. The van der Waals surface area contributed by atoms with E-state index in [0.29, 0.717) is 6.54 Å². The molecule has 1 unspecified atom stereocenters. The fourth-order valence-corrected chi connectivity index (χ4v) is 3.88. The van der Waals surface area contributed by atoms with Gasteiger partial charge in [0, 0.05) is 33.0 Å². The molecule has 1 atom stereocenters. The highest BCUT2D eigenvalue weighted by Crippen LogP contribution is 2.14. The van der Waals surface area contributed by atoms with Crippen LogP contribution < -0.4 is 16.4 Å². The molecule has 0 bridgehead atoms. The van der Waals surface area contributed by atoms with E-state index in [4.69, 9.17) is 15.9 Å². The monoisotopic (exact) mass is 455 g/mol. The number of unbranched alkanes of at least 4 members (excludes halogenated alkanes) is 10. The predicted octanol–water partition coefficient (Wildman–Crippen LogP) is 4.75. The van der Waals surface area contributed by atoms with Gasteiger partial charge in [0.15, 0.2) is 12.2 Å². The molecule has 0 saturated carbocycles. The van der Waals surface area contributed by atoms with Gasteiger partial charge in [-0.25, -0.2) is 0 Å². The smallest absolute Gasteiger partial charge is 0.304 e. The quantitative estimate of drug-likeness (QED) is 0.0583. The van der Waals surface area contributed by atoms with Crippen LogP contribution in [0.1, 0.15) is 111 Å². The van der Waals surface area contributed by atoms with Crippen molar-refractivity contribution in [3.8, 4) is 0 Å². The van der Waals surface area contributed by atoms with Gasteiger partial charge >= 0.3 is 5.97 Å². The molecule has 0 amide bonds. The third-order valence-corrected chi connectivity index (χ3v) is 5.72. The number of rotatable bonds is 23. The fourth-order valence-electron chi connectivity index (χ4n) is 3.88. The number of carbonyl (C=O) groups is 1. The number of nitrogens with one attached hydrogen (secondary N) is 3. The molecule has 32 heavy (non-hydrogen) atoms. The maximum Gasteiger partial charge on any atom is 0.304 e. The van der Waals surface area contributed by atoms with E-state index >= 15 is 0 Å². The van der Waals surface area contributed by atoms with Crippen molar-refractivity contribution in [3.63, 3.8) is 0 Å². The van der Waals surface area contributed by atoms with Crippen molar-refractivity contribution < 1.29 is 9.53 Å². The highest BCUT2D eigenvalue weighted by atomic mass is 16.6. The number of guanidine groups is 1. The third kappa shape index (κ3) is 20.6. The Morgan fingerprint density at radius 3 is 1.88 bits per heavy atom. The molecule has 0 fully saturated rings. The molecular formula is C25H53N5O2. The van der Waals surface area contributed by atoms with Crippen molar-refractivity contribution >= 4 is 11.9 Å². The van der Waals surface area contributed by atoms with Crippen LogP contribution in [0, 0.1) is 5.41 Å². The zero-order valence-electron chi connectivity index (χ0n) is 21.4. The Bertz CT molecular complexity index is 432. The van der Waals surface area contributed by atoms with E-state index in [1.807, 2.05) is 0 Å². The maximum atomic E-state index is 11.8. The number of carbonyl (C=O) groups excluding carboxylic acids is 1. The third-order valence-electron chi connectivity index (χ3n) is 5.72. The van der Waals surface area contributed by atoms with Gasteiger partial charge in [0.1, 0.15) is 0 Å². The molecule has 7 heteroatoms. The Morgan fingerprint density at radius 1 is 0.844 bits per heavy atom. The van der Waals surface area contributed by atoms with Crippen LogP contribution in [0.25, 0.3) is 0 Å². The van der Waals surface area contributed by atoms with E-state index in [-0.39, 0.29) is 18.2 Å². The first-order valence-corrected chi connectivity index (χ1v) is 13.2. The fraction of sp³-hybridized carbons (Fsp3) is 0.920. The van der Waals surface area contributed by atoms with Gasteiger partial charge in [-0.1, -0.05) is 78.1 Å². The molecule has 5 N–H and O–H groups in total. The second-order valence-electron chi connectivity index (χ2n) is 8.87. The summed E-state index contributed by atoms with van der Waals surface area (Å²) in [5, 5.41) is 13.4. The summed E-state index contributed by atoms with van der Waals surface area (Å²) in [6.45, 7) is 10.4. The molecule has 0 rings (SSSR count). The maximum absolute atomic E-state index is 11.8. The second kappa shape index (κ2) is 22.8. The van der Waals surface area contributed by atoms with E-state index in [1.165, 1.54) is 84.0 Å². The van der Waals surface area contributed by atoms with Crippen LogP contribution in [0.15, 0.2) is 0 Å². The molecule has 0 saturated heterocycles. The first-order chi connectivity index (χ1) is 15.5. The van der Waals surface area contributed by atoms with Crippen LogP contribution >= 0.6 is 0 Å². The Hall–Kier alpha value is -1.34. The standard InChI is InChI=1S/C25H53N5O2/c1-4-6-8-10-12-14-21-30(22-15-13-11-9-7-5-2)24(32-23(3)31)17-20-28-18-16-19-29-25(26)27/h24,28H,4-22H2,1-3H3,(H4,26,27,29). The molecule has 0 aromatic rings. The summed E-state index contributed by atoms with van der Waals surface area (Å²) >= 11 is 0. The van der Waals surface area contributed by atoms with Crippen LogP contribution in [0.5, 0.6) is 0 Å². The van der Waals surface area contributed by atoms with Crippen molar-refractivity contribution in [2.24, 2.45) is 5.73 Å². The largest absolute Gasteiger partial charge is 0.446 e. The average molecular weight is 456 g/mol. The molecule has 0 aliphatic carbocycles. The minimum Gasteiger partial charge on any atom is -0.446 e. The lowest BCUT2D eigenvalue weighted by atomic mass is 10.1. The van der Waals surface area contributed by atoms with Crippen molar-refractivity contribution in [1.82, 2.24) is 15.5 Å². The normalized spacial score (nSPS) is 12.1. The zero-order valence-corrected chi connectivity index (χ0v) is 21.4. The number of nitrogens with two attached hydrogens (primary N) is 1. The van der Waals surface area contributed by atoms with Crippen molar-refractivity contribution in [2.75, 3.05) is 32.7 Å². The minimum atomic E-state index is -0.198. The molecule has 7 nitrogen and oxygen atoms in total. The van der Waals surface area contributed by atoms with Gasteiger partial charge in [-0.05, 0) is 32.4 Å². The number of hydrogen-bond donors (Lipinski definition) is 4. The van der Waals surface area contributed by atoms with Crippen LogP contribution in [-0.4, -0.2) is 55.8 Å². The van der Waals surface area contributed by atoms with Crippen LogP contribution in [0.2, 0.25) is 0 Å². The first-order valence-electron chi connectivity index (χ1n) is 13.2. The average Bonchev–Trinajstić information content (AvgIpc) is 2.75. The lowest BCUT2D eigenvalue weighted by Crippen LogP contribution is -2.42. The van der Waals surface area contributed by atoms with Gasteiger partial charge in [0.2, 0.25) is 0 Å². The first kappa shape index (κ1) is 30.7. The summed E-state index contributed by atoms with van der Waals surface area (Å²) < 4.78 is 5.75. The molecule has 0 aromatic heterocycles. The van der Waals surface area contributed by atoms with E-state index < -0.39 is 0 Å². The zero-order chi connectivity index (χ0) is 23.9. The van der Waals surface area contributed by atoms with Crippen LogP contribution in [0.4, 0.5) is 0 Å². The Balaban J connectivity index is 4.52. The van der Waals surface area contributed by atoms with Gasteiger partial charge in [0.25, 0.3) is 0 Å². The van der Waals surface area contributed by atoms with Crippen molar-refractivity contribution in [3.05, 3.63) is 0 Å². The van der Waals surface area contributed by atoms with Crippen LogP contribution in [-0.2, 0) is 9.53 Å². The minimum absolute atomic E-state index is 0.0138. The molecular weight excluding hydrogens is 402 g/mol. The van der Waals surface area contributed by atoms with E-state index in [9.17, 15) is 4.79 Å². The molecule has 190 valence electrons. The summed E-state index contributed by atoms with van der Waals surface area (Å²) in [6, 6.07) is 0. The molecule has 0 aliphatic rings. The highest BCUT2D eigenvalue weighted by Gasteiger charge is 2.20. The van der Waals surface area contributed by atoms with E-state index in [1.54, 1.807) is 0 Å². The topological polar surface area (TPSA) is 103 Å². The van der Waals surface area contributed by atoms with Gasteiger partial charge < -0.3 is 21.1 Å². The van der Waals surface area contributed by atoms with Crippen molar-refractivity contribution in [2.45, 2.75) is 117 Å². The number of nitrogens with zero attached hydrogens (tertiary/aromatic N) is 1. The summed E-state index contributed by atoms with van der Waals surface area (Å²) in [5.74, 6) is -0.184. The van der Waals surface area contributed by atoms with Crippen LogP contribution in [0.3, 0.4) is 0 Å². The van der Waals surface area contributed by atoms with Gasteiger partial charge in [-0.2, -0.15) is 0 Å². The van der Waals surface area contributed by atoms with E-state index in [0.717, 1.165) is 39.0 Å². The second-order valence-corrected chi connectivity index (χ2v) is 8.87. The molecule has 0 aromatic carbocycles. The highest BCUT2D eigenvalue weighted by molar-refractivity contribution is 5.74. The lowest BCUT2D eigenvalue weighted by Gasteiger charge is -2.31. The summed E-state index contributed by atoms with van der Waals surface area (Å²) in [6.07, 6.45) is 16.8. The number of hydrogen-bond acceptors (Lipinski definition) is 5. The number of esters is 1. The summed E-state index contributed by atoms with van der Waals surface area (Å²) in [5.41, 5.74) is 5.30. The van der Waals surface area contributed by atoms with Gasteiger partial charge in [-0.15, -0.1) is 0 Å². The Labute approximate surface area is 198 Å². The number of ether oxygens (including phenoxy) is 1. The molecule has 0 aliphatic heterocycles. The van der Waals surface area contributed by atoms with Gasteiger partial charge in [-0.3, -0.25) is 15.1 Å². The Kier molecular flexibility index (Phi) is 21.9. The van der Waals surface area contributed by atoms with Gasteiger partial charge in [0.05, 0.1) is 0 Å². The Morgan fingerprint density at radius 2 is 1.38 bits per heavy atom. The summed E-state index contributed by atoms with van der Waals surface area (Å²) in [7, 11) is 0. The van der Waals surface area contributed by atoms with E-state index in [2.05, 4.69) is 29.4 Å². The lowest BCUT2D eigenvalue weighted by molar-refractivity contribution is -0.157. The SMILES string of the molecule is CCCCCCCCN(CCCCCCCC)C(CCNCCCNC(=N)N)OC(C)=O.